The molecule has 0 saturated heterocycles. The maximum absolute atomic E-state index is 10.7. The van der Waals surface area contributed by atoms with Crippen LogP contribution in [0, 0.1) is 0 Å². The first-order valence-electron chi connectivity index (χ1n) is 1.18. The Morgan fingerprint density at radius 2 is 1.50 bits per heavy atom. The minimum atomic E-state index is -5.63. The predicted octanol–water partition coefficient (Wildman–Crippen LogP) is 1.95. The summed E-state index contributed by atoms with van der Waals surface area (Å²) in [5.74, 6) is 0. The number of halogens is 3. The molecule has 1 nitrogen and oxygen atoms in total. The third-order valence-electron chi connectivity index (χ3n) is 0.231. The Bertz CT molecular complexity index is 40.5. The Labute approximate surface area is 33.9 Å². The molecule has 0 bridgehead atoms. The SMILES string of the molecule is CO[PH](F)(F)F. The van der Waals surface area contributed by atoms with E-state index in [0.29, 0.717) is 7.11 Å². The molecule has 0 aromatic heterocycles. The van der Waals surface area contributed by atoms with E-state index in [1.54, 1.807) is 0 Å². The van der Waals surface area contributed by atoms with Gasteiger partial charge in [-0.25, -0.2) is 0 Å². The third-order valence-corrected chi connectivity index (χ3v) is 0.694. The number of hydrogen-bond acceptors (Lipinski definition) is 1. The van der Waals surface area contributed by atoms with Gasteiger partial charge in [0.2, 0.25) is 0 Å². The van der Waals surface area contributed by atoms with Crippen LogP contribution in [0.5, 0.6) is 0 Å². The zero-order valence-corrected chi connectivity index (χ0v) is 4.04. The second-order valence-corrected chi connectivity index (χ2v) is 1.95. The van der Waals surface area contributed by atoms with Crippen molar-refractivity contribution in [2.24, 2.45) is 0 Å². The molecule has 0 fully saturated rings. The first-order valence-corrected chi connectivity index (χ1v) is 2.72. The van der Waals surface area contributed by atoms with Gasteiger partial charge in [-0.15, -0.1) is 0 Å². The zero-order valence-electron chi connectivity index (χ0n) is 3.04. The number of rotatable bonds is 1. The molecule has 0 aromatic rings. The van der Waals surface area contributed by atoms with Gasteiger partial charge < -0.3 is 0 Å². The summed E-state index contributed by atoms with van der Waals surface area (Å²) in [6.07, 6.45) is 0. The van der Waals surface area contributed by atoms with Gasteiger partial charge in [0.15, 0.2) is 0 Å². The Hall–Kier alpha value is 0.180. The average Bonchev–Trinajstić information content (AvgIpc) is 1.35. The Morgan fingerprint density at radius 1 is 1.33 bits per heavy atom. The van der Waals surface area contributed by atoms with Gasteiger partial charge in [0.25, 0.3) is 0 Å². The van der Waals surface area contributed by atoms with Gasteiger partial charge >= 0.3 is 32.6 Å². The van der Waals surface area contributed by atoms with Crippen LogP contribution < -0.4 is 0 Å². The topological polar surface area (TPSA) is 9.23 Å². The summed E-state index contributed by atoms with van der Waals surface area (Å²) in [7, 11) is -4.99. The van der Waals surface area contributed by atoms with Gasteiger partial charge in [-0.3, -0.25) is 0 Å². The molecule has 0 atom stereocenters. The van der Waals surface area contributed by atoms with Gasteiger partial charge in [0.1, 0.15) is 0 Å². The van der Waals surface area contributed by atoms with Crippen LogP contribution in [-0.4, -0.2) is 7.11 Å². The van der Waals surface area contributed by atoms with E-state index in [1.807, 2.05) is 0 Å². The van der Waals surface area contributed by atoms with E-state index in [-0.39, 0.29) is 0 Å². The maximum atomic E-state index is 10.7. The molecule has 40 valence electrons. The van der Waals surface area contributed by atoms with Crippen LogP contribution in [0.3, 0.4) is 0 Å². The molecule has 5 heteroatoms. The predicted molar refractivity (Wildman–Crippen MR) is 18.6 cm³/mol. The normalized spacial score (nSPS) is 14.7. The molecular formula is CH4F3OP. The molecule has 0 N–H and O–H groups in total. The van der Waals surface area contributed by atoms with Crippen LogP contribution in [-0.2, 0) is 4.52 Å². The molecular weight excluding hydrogens is 116 g/mol. The molecule has 0 aliphatic carbocycles. The molecule has 0 aromatic carbocycles. The van der Waals surface area contributed by atoms with Crippen molar-refractivity contribution in [3.05, 3.63) is 0 Å². The molecule has 0 saturated carbocycles. The standard InChI is InChI=1S/CH4F3OP/c1-5-6(2,3)4/h6H,1H3. The zero-order chi connectivity index (χ0) is 5.21. The molecule has 0 aliphatic rings. The van der Waals surface area contributed by atoms with E-state index in [2.05, 4.69) is 4.52 Å². The quantitative estimate of drug-likeness (QED) is 0.480. The van der Waals surface area contributed by atoms with E-state index >= 15 is 0 Å². The Balaban J connectivity index is 3.17. The van der Waals surface area contributed by atoms with Crippen molar-refractivity contribution in [3.8, 4) is 0 Å². The fraction of sp³-hybridized carbons (Fsp3) is 1.00. The first-order chi connectivity index (χ1) is 2.56. The summed E-state index contributed by atoms with van der Waals surface area (Å²) in [5, 5.41) is 0. The van der Waals surface area contributed by atoms with Crippen molar-refractivity contribution in [3.63, 3.8) is 0 Å². The van der Waals surface area contributed by atoms with Crippen LogP contribution in [0.4, 0.5) is 12.6 Å². The van der Waals surface area contributed by atoms with E-state index in [1.165, 1.54) is 0 Å². The molecule has 0 spiro atoms. The Kier molecular flexibility index (Phi) is 1.81. The van der Waals surface area contributed by atoms with Crippen molar-refractivity contribution in [2.75, 3.05) is 7.11 Å². The van der Waals surface area contributed by atoms with Crippen molar-refractivity contribution < 1.29 is 17.1 Å². The van der Waals surface area contributed by atoms with Gasteiger partial charge in [0, 0.05) is 0 Å². The summed E-state index contributed by atoms with van der Waals surface area (Å²) < 4.78 is 35.2. The number of hydrogen-bond donors (Lipinski definition) is 0. The average molecular weight is 120 g/mol. The monoisotopic (exact) mass is 120 g/mol. The van der Waals surface area contributed by atoms with Crippen molar-refractivity contribution in [1.82, 2.24) is 0 Å². The fourth-order valence-electron chi connectivity index (χ4n) is 0. The van der Waals surface area contributed by atoms with Crippen LogP contribution in [0.25, 0.3) is 0 Å². The van der Waals surface area contributed by atoms with Crippen molar-refractivity contribution in [2.45, 2.75) is 0 Å². The summed E-state index contributed by atoms with van der Waals surface area (Å²) in [6, 6.07) is 0. The Morgan fingerprint density at radius 3 is 1.50 bits per heavy atom. The van der Waals surface area contributed by atoms with E-state index in [4.69, 9.17) is 0 Å². The summed E-state index contributed by atoms with van der Waals surface area (Å²) in [4.78, 5) is 0. The second-order valence-electron chi connectivity index (χ2n) is 0.650. The van der Waals surface area contributed by atoms with Crippen LogP contribution >= 0.6 is 8.42 Å². The molecule has 6 heavy (non-hydrogen) atoms. The van der Waals surface area contributed by atoms with Gasteiger partial charge in [-0.1, -0.05) is 0 Å². The summed E-state index contributed by atoms with van der Waals surface area (Å²) >= 11 is 0. The van der Waals surface area contributed by atoms with Crippen LogP contribution in [0.15, 0.2) is 0 Å². The van der Waals surface area contributed by atoms with Gasteiger partial charge in [-0.2, -0.15) is 0 Å². The third kappa shape index (κ3) is 4.18. The van der Waals surface area contributed by atoms with Gasteiger partial charge in [-0.05, 0) is 0 Å². The van der Waals surface area contributed by atoms with Crippen LogP contribution in [0.1, 0.15) is 0 Å². The van der Waals surface area contributed by atoms with Crippen LogP contribution in [0.2, 0.25) is 0 Å². The van der Waals surface area contributed by atoms with E-state index < -0.39 is 8.42 Å². The van der Waals surface area contributed by atoms with Crippen molar-refractivity contribution in [1.29, 1.82) is 0 Å². The fourth-order valence-corrected chi connectivity index (χ4v) is 0. The molecule has 0 unspecified atom stereocenters. The molecule has 0 aliphatic heterocycles. The van der Waals surface area contributed by atoms with Crippen molar-refractivity contribution >= 4 is 8.42 Å². The van der Waals surface area contributed by atoms with E-state index in [0.717, 1.165) is 0 Å². The minimum absolute atomic E-state index is 0.645. The molecule has 0 rings (SSSR count). The first kappa shape index (κ1) is 6.18. The molecule has 0 radical (unpaired) electrons. The van der Waals surface area contributed by atoms with E-state index in [9.17, 15) is 12.6 Å². The molecule has 0 heterocycles. The second kappa shape index (κ2) is 1.76. The summed E-state index contributed by atoms with van der Waals surface area (Å²) in [5.41, 5.74) is 0. The molecule has 0 amide bonds. The summed E-state index contributed by atoms with van der Waals surface area (Å²) in [6.45, 7) is 0. The van der Waals surface area contributed by atoms with Gasteiger partial charge in [0.05, 0.1) is 0 Å².